The number of benzene rings is 2. The summed E-state index contributed by atoms with van der Waals surface area (Å²) in [6.45, 7) is 0.541. The van der Waals surface area contributed by atoms with Gasteiger partial charge in [0.25, 0.3) is 5.91 Å². The van der Waals surface area contributed by atoms with Crippen molar-refractivity contribution in [2.24, 2.45) is 5.73 Å². The number of carbonyl (C=O) groups excluding carboxylic acids is 2. The summed E-state index contributed by atoms with van der Waals surface area (Å²) < 4.78 is 6.80. The fraction of sp³-hybridized carbons (Fsp3) is 0.304. The van der Waals surface area contributed by atoms with Gasteiger partial charge in [-0.25, -0.2) is 4.68 Å². The number of hydrogen-bond acceptors (Lipinski definition) is 5. The number of aromatic nitrogens is 3. The number of rotatable bonds is 6. The molecule has 1 aliphatic heterocycles. The van der Waals surface area contributed by atoms with E-state index < -0.39 is 0 Å². The zero-order valence-corrected chi connectivity index (χ0v) is 17.2. The van der Waals surface area contributed by atoms with Crippen molar-refractivity contribution in [3.63, 3.8) is 0 Å². The van der Waals surface area contributed by atoms with E-state index in [1.165, 1.54) is 0 Å². The van der Waals surface area contributed by atoms with Crippen LogP contribution >= 0.6 is 0 Å². The van der Waals surface area contributed by atoms with Gasteiger partial charge in [0.2, 0.25) is 5.91 Å². The van der Waals surface area contributed by atoms with Gasteiger partial charge >= 0.3 is 0 Å². The lowest BCUT2D eigenvalue weighted by atomic mass is 9.92. The van der Waals surface area contributed by atoms with Crippen LogP contribution < -0.4 is 15.4 Å². The number of ether oxygens (including phenoxy) is 1. The molecule has 2 amide bonds. The molecule has 158 valence electrons. The van der Waals surface area contributed by atoms with E-state index in [9.17, 15) is 9.59 Å². The van der Waals surface area contributed by atoms with Crippen molar-refractivity contribution in [3.8, 4) is 11.4 Å². The van der Waals surface area contributed by atoms with E-state index >= 15 is 0 Å². The number of nitrogens with zero attached hydrogens (tertiary/aromatic N) is 4. The summed E-state index contributed by atoms with van der Waals surface area (Å²) in [5.74, 6) is 0.322. The molecule has 0 radical (unpaired) electrons. The van der Waals surface area contributed by atoms with E-state index in [1.807, 2.05) is 48.5 Å². The molecule has 1 saturated carbocycles. The lowest BCUT2D eigenvalue weighted by Gasteiger charge is -2.27. The average molecular weight is 417 g/mol. The topological polar surface area (TPSA) is 103 Å². The molecular formula is C23H23N5O3. The third-order valence-corrected chi connectivity index (χ3v) is 6.23. The minimum atomic E-state index is -0.278. The van der Waals surface area contributed by atoms with Crippen molar-refractivity contribution < 1.29 is 14.3 Å². The molecule has 3 aromatic rings. The molecule has 1 fully saturated rings. The van der Waals surface area contributed by atoms with Gasteiger partial charge in [-0.1, -0.05) is 17.3 Å². The number of fused-ring (bicyclic) bond motifs is 1. The van der Waals surface area contributed by atoms with Crippen LogP contribution in [0.4, 0.5) is 5.69 Å². The Bertz CT molecular complexity index is 1150. The fourth-order valence-corrected chi connectivity index (χ4v) is 4.34. The normalized spacial score (nSPS) is 16.7. The Morgan fingerprint density at radius 2 is 1.77 bits per heavy atom. The van der Waals surface area contributed by atoms with Crippen LogP contribution in [0.1, 0.15) is 41.0 Å². The first-order valence-corrected chi connectivity index (χ1v) is 10.3. The van der Waals surface area contributed by atoms with Crippen LogP contribution in [0.5, 0.6) is 5.75 Å². The summed E-state index contributed by atoms with van der Waals surface area (Å²) in [4.78, 5) is 26.5. The van der Waals surface area contributed by atoms with Gasteiger partial charge in [-0.3, -0.25) is 9.59 Å². The third kappa shape index (κ3) is 3.34. The molecule has 0 atom stereocenters. The molecule has 2 aromatic carbocycles. The van der Waals surface area contributed by atoms with Gasteiger partial charge in [-0.05, 0) is 54.8 Å². The van der Waals surface area contributed by atoms with E-state index in [4.69, 9.17) is 10.5 Å². The Morgan fingerprint density at radius 1 is 1.10 bits per heavy atom. The van der Waals surface area contributed by atoms with Crippen LogP contribution in [0.3, 0.4) is 0 Å². The van der Waals surface area contributed by atoms with Gasteiger partial charge in [0.05, 0.1) is 18.5 Å². The van der Waals surface area contributed by atoms with Crippen LogP contribution in [-0.4, -0.2) is 40.5 Å². The Morgan fingerprint density at radius 3 is 2.39 bits per heavy atom. The standard InChI is InChI=1S/C23H23N5O3/c1-31-18-8-6-17(7-9-18)28-21-19(25-26-28)10-13-27(22(21)30)16-4-2-15(3-5-16)23(11-12-23)14-20(24)29/h2-9H,10-14H2,1H3,(H2,24,29). The maximum atomic E-state index is 13.4. The van der Waals surface area contributed by atoms with Gasteiger partial charge in [0.1, 0.15) is 5.75 Å². The van der Waals surface area contributed by atoms with Crippen molar-refractivity contribution >= 4 is 17.5 Å². The zero-order chi connectivity index (χ0) is 21.6. The fourth-order valence-electron chi connectivity index (χ4n) is 4.34. The second-order valence-electron chi connectivity index (χ2n) is 8.17. The monoisotopic (exact) mass is 417 g/mol. The molecule has 0 bridgehead atoms. The number of primary amides is 1. The SMILES string of the molecule is COc1ccc(-n2nnc3c2C(=O)N(c2ccc(C4(CC(N)=O)CC4)cc2)CC3)cc1. The number of methoxy groups -OCH3 is 1. The van der Waals surface area contributed by atoms with E-state index in [-0.39, 0.29) is 17.2 Å². The van der Waals surface area contributed by atoms with Gasteiger partial charge < -0.3 is 15.4 Å². The average Bonchev–Trinajstić information content (AvgIpc) is 3.42. The molecule has 1 aromatic heterocycles. The highest BCUT2D eigenvalue weighted by Gasteiger charge is 2.45. The van der Waals surface area contributed by atoms with Crippen LogP contribution in [0.25, 0.3) is 5.69 Å². The molecule has 2 heterocycles. The predicted molar refractivity (Wildman–Crippen MR) is 114 cm³/mol. The Kier molecular flexibility index (Phi) is 4.50. The zero-order valence-electron chi connectivity index (χ0n) is 17.2. The molecule has 31 heavy (non-hydrogen) atoms. The Hall–Kier alpha value is -3.68. The van der Waals surface area contributed by atoms with Crippen LogP contribution in [-0.2, 0) is 16.6 Å². The summed E-state index contributed by atoms with van der Waals surface area (Å²) in [6.07, 6.45) is 2.93. The highest BCUT2D eigenvalue weighted by Crippen LogP contribution is 2.51. The predicted octanol–water partition coefficient (Wildman–Crippen LogP) is 2.39. The number of carbonyl (C=O) groups is 2. The van der Waals surface area contributed by atoms with E-state index in [1.54, 1.807) is 16.7 Å². The Labute approximate surface area is 179 Å². The summed E-state index contributed by atoms with van der Waals surface area (Å²) in [5, 5.41) is 8.45. The smallest absolute Gasteiger partial charge is 0.278 e. The van der Waals surface area contributed by atoms with Gasteiger partial charge in [-0.15, -0.1) is 5.10 Å². The maximum absolute atomic E-state index is 13.4. The van der Waals surface area contributed by atoms with Gasteiger partial charge in [0.15, 0.2) is 5.69 Å². The molecule has 0 saturated heterocycles. The first kappa shape index (κ1) is 19.3. The van der Waals surface area contributed by atoms with Crippen molar-refractivity contribution in [1.82, 2.24) is 15.0 Å². The molecule has 8 nitrogen and oxygen atoms in total. The van der Waals surface area contributed by atoms with E-state index in [2.05, 4.69) is 10.3 Å². The highest BCUT2D eigenvalue weighted by molar-refractivity contribution is 6.07. The number of anilines is 1. The van der Waals surface area contributed by atoms with Gasteiger partial charge in [-0.2, -0.15) is 0 Å². The van der Waals surface area contributed by atoms with Crippen molar-refractivity contribution in [3.05, 3.63) is 65.5 Å². The lowest BCUT2D eigenvalue weighted by Crippen LogP contribution is -2.38. The molecule has 0 unspecified atom stereocenters. The maximum Gasteiger partial charge on any atom is 0.278 e. The molecule has 2 aliphatic rings. The summed E-state index contributed by atoms with van der Waals surface area (Å²) in [7, 11) is 1.61. The highest BCUT2D eigenvalue weighted by atomic mass is 16.5. The van der Waals surface area contributed by atoms with Crippen LogP contribution in [0.2, 0.25) is 0 Å². The first-order chi connectivity index (χ1) is 15.0. The number of nitrogens with two attached hydrogens (primary N) is 1. The second-order valence-corrected chi connectivity index (χ2v) is 8.17. The third-order valence-electron chi connectivity index (χ3n) is 6.23. The summed E-state index contributed by atoms with van der Waals surface area (Å²) in [5.41, 5.74) is 9.15. The quantitative estimate of drug-likeness (QED) is 0.663. The van der Waals surface area contributed by atoms with Crippen LogP contribution in [0, 0.1) is 0 Å². The van der Waals surface area contributed by atoms with Gasteiger partial charge in [0, 0.05) is 30.5 Å². The van der Waals surface area contributed by atoms with Crippen molar-refractivity contribution in [2.45, 2.75) is 31.1 Å². The molecule has 0 spiro atoms. The molecular weight excluding hydrogens is 394 g/mol. The van der Waals surface area contributed by atoms with E-state index in [0.29, 0.717) is 30.8 Å². The number of hydrogen-bond donors (Lipinski definition) is 1. The Balaban J connectivity index is 1.42. The molecule has 1 aliphatic carbocycles. The first-order valence-electron chi connectivity index (χ1n) is 10.3. The summed E-state index contributed by atoms with van der Waals surface area (Å²) >= 11 is 0. The van der Waals surface area contributed by atoms with Crippen LogP contribution in [0.15, 0.2) is 48.5 Å². The molecule has 5 rings (SSSR count). The van der Waals surface area contributed by atoms with E-state index in [0.717, 1.165) is 35.5 Å². The van der Waals surface area contributed by atoms with Crippen molar-refractivity contribution in [1.29, 1.82) is 0 Å². The summed E-state index contributed by atoms with van der Waals surface area (Å²) in [6, 6.07) is 15.3. The second kappa shape index (κ2) is 7.23. The lowest BCUT2D eigenvalue weighted by molar-refractivity contribution is -0.118. The largest absolute Gasteiger partial charge is 0.497 e. The number of amides is 2. The van der Waals surface area contributed by atoms with Crippen molar-refractivity contribution in [2.75, 3.05) is 18.6 Å². The molecule has 2 N–H and O–H groups in total. The minimum Gasteiger partial charge on any atom is -0.497 e. The molecule has 8 heteroatoms. The minimum absolute atomic E-state index is 0.125.